The predicted molar refractivity (Wildman–Crippen MR) is 73.6 cm³/mol. The molecule has 0 N–H and O–H groups in total. The molecule has 1 atom stereocenters. The minimum Gasteiger partial charge on any atom is -0.246 e. The van der Waals surface area contributed by atoms with E-state index in [1.165, 1.54) is 10.7 Å². The largest absolute Gasteiger partial charge is 0.246 e. The molecule has 1 unspecified atom stereocenters. The Morgan fingerprint density at radius 3 is 2.38 bits per heavy atom. The van der Waals surface area contributed by atoms with Crippen molar-refractivity contribution >= 4 is 22.9 Å². The molecule has 1 aromatic rings. The van der Waals surface area contributed by atoms with Gasteiger partial charge in [0, 0.05) is 23.1 Å². The first-order valence-electron chi connectivity index (χ1n) is 5.85. The summed E-state index contributed by atoms with van der Waals surface area (Å²) in [7, 11) is 0. The van der Waals surface area contributed by atoms with E-state index < -0.39 is 0 Å². The fraction of sp³-hybridized carbons (Fsp3) is 0.769. The molecular formula is C13H22ClNS. The average molecular weight is 260 g/mol. The summed E-state index contributed by atoms with van der Waals surface area (Å²) in [6, 6.07) is 0. The molecule has 1 heterocycles. The van der Waals surface area contributed by atoms with Crippen LogP contribution in [0.5, 0.6) is 0 Å². The van der Waals surface area contributed by atoms with Gasteiger partial charge in [0.25, 0.3) is 0 Å². The summed E-state index contributed by atoms with van der Waals surface area (Å²) in [6.45, 7) is 11.1. The third-order valence-electron chi connectivity index (χ3n) is 2.90. The first-order valence-corrected chi connectivity index (χ1v) is 7.27. The molecule has 0 aliphatic carbocycles. The second-order valence-electron chi connectivity index (χ2n) is 5.74. The zero-order valence-electron chi connectivity index (χ0n) is 10.9. The van der Waals surface area contributed by atoms with Crippen molar-refractivity contribution in [1.29, 1.82) is 0 Å². The predicted octanol–water partition coefficient (Wildman–Crippen LogP) is 4.49. The second kappa shape index (κ2) is 5.50. The maximum atomic E-state index is 5.99. The Bertz CT molecular complexity index is 325. The second-order valence-corrected chi connectivity index (χ2v) is 6.99. The fourth-order valence-corrected chi connectivity index (χ4v) is 3.02. The number of hydrogen-bond donors (Lipinski definition) is 0. The van der Waals surface area contributed by atoms with Gasteiger partial charge in [-0.25, -0.2) is 4.98 Å². The molecule has 1 aromatic heterocycles. The number of hydrogen-bond acceptors (Lipinski definition) is 2. The molecule has 0 fully saturated rings. The van der Waals surface area contributed by atoms with Crippen molar-refractivity contribution in [1.82, 2.24) is 4.98 Å². The number of aromatic nitrogens is 1. The summed E-state index contributed by atoms with van der Waals surface area (Å²) in [5.41, 5.74) is 1.35. The Labute approximate surface area is 108 Å². The van der Waals surface area contributed by atoms with E-state index in [0.717, 1.165) is 12.3 Å². The van der Waals surface area contributed by atoms with Gasteiger partial charge in [-0.1, -0.05) is 34.6 Å². The van der Waals surface area contributed by atoms with Crippen LogP contribution in [0.15, 0.2) is 5.38 Å². The zero-order valence-corrected chi connectivity index (χ0v) is 12.5. The zero-order chi connectivity index (χ0) is 12.3. The Balaban J connectivity index is 2.72. The molecule has 0 amide bonds. The highest BCUT2D eigenvalue weighted by atomic mass is 35.5. The number of nitrogens with zero attached hydrogens (tertiary/aromatic N) is 1. The molecule has 0 radical (unpaired) electrons. The minimum atomic E-state index is 0.156. The van der Waals surface area contributed by atoms with Crippen molar-refractivity contribution in [3.63, 3.8) is 0 Å². The lowest BCUT2D eigenvalue weighted by Gasteiger charge is -2.17. The van der Waals surface area contributed by atoms with Crippen LogP contribution in [0.1, 0.15) is 45.3 Å². The molecule has 0 aliphatic heterocycles. The summed E-state index contributed by atoms with van der Waals surface area (Å²) < 4.78 is 0. The molecule has 0 saturated heterocycles. The first-order chi connectivity index (χ1) is 7.34. The Morgan fingerprint density at radius 1 is 1.38 bits per heavy atom. The molecule has 1 nitrogen and oxygen atoms in total. The first kappa shape index (κ1) is 14.0. The SMILES string of the molecule is CC(C)C(CCl)Cc1nc(C(C)(C)C)cs1. The van der Waals surface area contributed by atoms with Crippen LogP contribution in [0.2, 0.25) is 0 Å². The third-order valence-corrected chi connectivity index (χ3v) is 4.17. The number of halogens is 1. The van der Waals surface area contributed by atoms with Gasteiger partial charge < -0.3 is 0 Å². The third kappa shape index (κ3) is 3.74. The maximum absolute atomic E-state index is 5.99. The van der Waals surface area contributed by atoms with Crippen LogP contribution < -0.4 is 0 Å². The summed E-state index contributed by atoms with van der Waals surface area (Å²) >= 11 is 7.75. The van der Waals surface area contributed by atoms with E-state index in [1.54, 1.807) is 11.3 Å². The topological polar surface area (TPSA) is 12.9 Å². The van der Waals surface area contributed by atoms with Crippen LogP contribution >= 0.6 is 22.9 Å². The van der Waals surface area contributed by atoms with Gasteiger partial charge in [0.1, 0.15) is 0 Å². The Kier molecular flexibility index (Phi) is 4.81. The molecule has 0 bridgehead atoms. The van der Waals surface area contributed by atoms with E-state index in [-0.39, 0.29) is 5.41 Å². The van der Waals surface area contributed by atoms with Crippen LogP contribution in [-0.2, 0) is 11.8 Å². The van der Waals surface area contributed by atoms with Crippen LogP contribution in [0.25, 0.3) is 0 Å². The van der Waals surface area contributed by atoms with Gasteiger partial charge in [-0.05, 0) is 11.8 Å². The molecule has 16 heavy (non-hydrogen) atoms. The maximum Gasteiger partial charge on any atom is 0.0931 e. The highest BCUT2D eigenvalue weighted by molar-refractivity contribution is 7.09. The lowest BCUT2D eigenvalue weighted by atomic mass is 9.93. The molecule has 0 saturated carbocycles. The van der Waals surface area contributed by atoms with E-state index in [1.807, 2.05) is 0 Å². The molecule has 1 rings (SSSR count). The van der Waals surface area contributed by atoms with Crippen LogP contribution in [0.4, 0.5) is 0 Å². The molecular weight excluding hydrogens is 238 g/mol. The molecule has 0 aromatic carbocycles. The molecule has 92 valence electrons. The van der Waals surface area contributed by atoms with Crippen molar-refractivity contribution in [2.75, 3.05) is 5.88 Å². The highest BCUT2D eigenvalue weighted by Gasteiger charge is 2.19. The summed E-state index contributed by atoms with van der Waals surface area (Å²) in [6.07, 6.45) is 1.02. The van der Waals surface area contributed by atoms with Crippen LogP contribution in [0, 0.1) is 11.8 Å². The summed E-state index contributed by atoms with van der Waals surface area (Å²) in [4.78, 5) is 4.71. The molecule has 0 spiro atoms. The van der Waals surface area contributed by atoms with Crippen molar-refractivity contribution in [2.45, 2.75) is 46.5 Å². The van der Waals surface area contributed by atoms with E-state index in [4.69, 9.17) is 16.6 Å². The summed E-state index contributed by atoms with van der Waals surface area (Å²) in [5, 5.41) is 3.41. The average Bonchev–Trinajstić information content (AvgIpc) is 2.61. The van der Waals surface area contributed by atoms with Gasteiger partial charge in [-0.3, -0.25) is 0 Å². The van der Waals surface area contributed by atoms with Gasteiger partial charge in [0.2, 0.25) is 0 Å². The monoisotopic (exact) mass is 259 g/mol. The Hall–Kier alpha value is -0.0800. The number of thiazole rings is 1. The summed E-state index contributed by atoms with van der Waals surface area (Å²) in [5.74, 6) is 1.89. The highest BCUT2D eigenvalue weighted by Crippen LogP contribution is 2.26. The lowest BCUT2D eigenvalue weighted by molar-refractivity contribution is 0.420. The van der Waals surface area contributed by atoms with E-state index in [9.17, 15) is 0 Å². The number of alkyl halides is 1. The van der Waals surface area contributed by atoms with E-state index in [2.05, 4.69) is 40.0 Å². The van der Waals surface area contributed by atoms with Crippen molar-refractivity contribution in [3.8, 4) is 0 Å². The lowest BCUT2D eigenvalue weighted by Crippen LogP contribution is -2.15. The standard InChI is InChI=1S/C13H22ClNS/c1-9(2)10(7-14)6-12-15-11(8-16-12)13(3,4)5/h8-10H,6-7H2,1-5H3. The minimum absolute atomic E-state index is 0.156. The van der Waals surface area contributed by atoms with Gasteiger partial charge in [-0.15, -0.1) is 22.9 Å². The Morgan fingerprint density at radius 2 is 2.00 bits per heavy atom. The van der Waals surface area contributed by atoms with E-state index in [0.29, 0.717) is 11.8 Å². The smallest absolute Gasteiger partial charge is 0.0931 e. The van der Waals surface area contributed by atoms with Gasteiger partial charge in [0.15, 0.2) is 0 Å². The van der Waals surface area contributed by atoms with Crippen molar-refractivity contribution in [2.24, 2.45) is 11.8 Å². The normalized spacial score (nSPS) is 14.4. The van der Waals surface area contributed by atoms with Crippen LogP contribution in [0.3, 0.4) is 0 Å². The van der Waals surface area contributed by atoms with Gasteiger partial charge in [-0.2, -0.15) is 0 Å². The van der Waals surface area contributed by atoms with Crippen molar-refractivity contribution < 1.29 is 0 Å². The number of rotatable bonds is 4. The van der Waals surface area contributed by atoms with E-state index >= 15 is 0 Å². The molecule has 0 aliphatic rings. The fourth-order valence-electron chi connectivity index (χ4n) is 1.44. The quantitative estimate of drug-likeness (QED) is 0.726. The van der Waals surface area contributed by atoms with Gasteiger partial charge >= 0.3 is 0 Å². The van der Waals surface area contributed by atoms with Gasteiger partial charge in [0.05, 0.1) is 10.7 Å². The molecule has 3 heteroatoms. The van der Waals surface area contributed by atoms with Crippen LogP contribution in [-0.4, -0.2) is 10.9 Å². The van der Waals surface area contributed by atoms with Crippen molar-refractivity contribution in [3.05, 3.63) is 16.1 Å².